The molecule has 1 amide bonds. The number of amides is 1. The molecule has 0 aromatic heterocycles. The van der Waals surface area contributed by atoms with E-state index in [0.717, 1.165) is 30.9 Å². The van der Waals surface area contributed by atoms with Crippen LogP contribution in [-0.4, -0.2) is 45.7 Å². The molecule has 7 nitrogen and oxygen atoms in total. The second-order valence-corrected chi connectivity index (χ2v) is 6.22. The Labute approximate surface area is 186 Å². The van der Waals surface area contributed by atoms with Crippen LogP contribution in [0, 0.1) is 5.92 Å². The van der Waals surface area contributed by atoms with E-state index in [4.69, 9.17) is 9.47 Å². The number of rotatable bonds is 11. The number of carbonyl (C=O) groups is 1. The molecule has 1 aromatic carbocycles. The molecule has 0 saturated heterocycles. The van der Waals surface area contributed by atoms with Gasteiger partial charge in [-0.25, -0.2) is 0 Å². The minimum Gasteiger partial charge on any atom is -0.493 e. The van der Waals surface area contributed by atoms with Gasteiger partial charge in [0.1, 0.15) is 0 Å². The summed E-state index contributed by atoms with van der Waals surface area (Å²) in [4.78, 5) is 15.8. The fourth-order valence-electron chi connectivity index (χ4n) is 2.56. The van der Waals surface area contributed by atoms with Crippen molar-refractivity contribution < 1.29 is 14.3 Å². The number of guanidine groups is 1. The lowest BCUT2D eigenvalue weighted by Gasteiger charge is -2.17. The zero-order valence-corrected chi connectivity index (χ0v) is 20.0. The van der Waals surface area contributed by atoms with Crippen molar-refractivity contribution in [3.63, 3.8) is 0 Å². The van der Waals surface area contributed by atoms with Crippen molar-refractivity contribution in [1.29, 1.82) is 0 Å². The minimum atomic E-state index is -0.155. The standard InChI is InChI=1S/C20H34N4O3.HI/c1-6-15(7-2)12-23-20(21-4)24-13-16-9-10-17(18(11-16)26-5)27-14-19(25)22-8-3;/h9-11,15H,6-8,12-14H2,1-5H3,(H,22,25)(H2,21,23,24);1H. The average molecular weight is 506 g/mol. The number of halogens is 1. The fourth-order valence-corrected chi connectivity index (χ4v) is 2.56. The molecule has 0 fully saturated rings. The summed E-state index contributed by atoms with van der Waals surface area (Å²) in [6.45, 7) is 8.33. The third-order valence-corrected chi connectivity index (χ3v) is 4.36. The molecule has 160 valence electrons. The molecule has 1 aromatic rings. The molecular weight excluding hydrogens is 471 g/mol. The lowest BCUT2D eigenvalue weighted by Crippen LogP contribution is -2.39. The van der Waals surface area contributed by atoms with E-state index in [1.54, 1.807) is 14.2 Å². The van der Waals surface area contributed by atoms with Gasteiger partial charge in [0.25, 0.3) is 5.91 Å². The summed E-state index contributed by atoms with van der Waals surface area (Å²) in [7, 11) is 3.35. The maximum atomic E-state index is 11.5. The van der Waals surface area contributed by atoms with Crippen LogP contribution in [0.5, 0.6) is 11.5 Å². The van der Waals surface area contributed by atoms with Crippen LogP contribution in [-0.2, 0) is 11.3 Å². The van der Waals surface area contributed by atoms with Gasteiger partial charge in [-0.15, -0.1) is 24.0 Å². The predicted molar refractivity (Wildman–Crippen MR) is 125 cm³/mol. The fraction of sp³-hybridized carbons (Fsp3) is 0.600. The van der Waals surface area contributed by atoms with Gasteiger partial charge in [-0.2, -0.15) is 0 Å². The molecule has 0 unspecified atom stereocenters. The summed E-state index contributed by atoms with van der Waals surface area (Å²) in [5.41, 5.74) is 1.03. The van der Waals surface area contributed by atoms with E-state index in [1.165, 1.54) is 0 Å². The number of hydrogen-bond acceptors (Lipinski definition) is 4. The van der Waals surface area contributed by atoms with Gasteiger partial charge in [-0.3, -0.25) is 9.79 Å². The molecule has 3 N–H and O–H groups in total. The topological polar surface area (TPSA) is 84.0 Å². The van der Waals surface area contributed by atoms with Crippen LogP contribution >= 0.6 is 24.0 Å². The summed E-state index contributed by atoms with van der Waals surface area (Å²) in [5.74, 6) is 2.40. The van der Waals surface area contributed by atoms with E-state index in [9.17, 15) is 4.79 Å². The number of hydrogen-bond donors (Lipinski definition) is 3. The van der Waals surface area contributed by atoms with Crippen molar-refractivity contribution in [2.24, 2.45) is 10.9 Å². The molecule has 28 heavy (non-hydrogen) atoms. The average Bonchev–Trinajstić information content (AvgIpc) is 2.69. The normalized spacial score (nSPS) is 10.9. The number of aliphatic imine (C=N–C) groups is 1. The number of likely N-dealkylation sites (N-methyl/N-ethyl adjacent to an activating group) is 1. The van der Waals surface area contributed by atoms with Crippen molar-refractivity contribution in [2.75, 3.05) is 33.9 Å². The highest BCUT2D eigenvalue weighted by atomic mass is 127. The van der Waals surface area contributed by atoms with Crippen LogP contribution < -0.4 is 25.4 Å². The Morgan fingerprint density at radius 2 is 1.82 bits per heavy atom. The zero-order chi connectivity index (χ0) is 20.1. The van der Waals surface area contributed by atoms with Crippen LogP contribution in [0.3, 0.4) is 0 Å². The summed E-state index contributed by atoms with van der Waals surface area (Å²) < 4.78 is 10.9. The number of benzene rings is 1. The van der Waals surface area contributed by atoms with Crippen molar-refractivity contribution in [3.05, 3.63) is 23.8 Å². The number of ether oxygens (including phenoxy) is 2. The molecule has 0 bridgehead atoms. The number of methoxy groups -OCH3 is 1. The van der Waals surface area contributed by atoms with E-state index < -0.39 is 0 Å². The van der Waals surface area contributed by atoms with Crippen LogP contribution in [0.1, 0.15) is 39.2 Å². The van der Waals surface area contributed by atoms with E-state index in [-0.39, 0.29) is 36.5 Å². The molecule has 0 spiro atoms. The highest BCUT2D eigenvalue weighted by molar-refractivity contribution is 14.0. The van der Waals surface area contributed by atoms with E-state index in [2.05, 4.69) is 34.8 Å². The Hall–Kier alpha value is -1.71. The lowest BCUT2D eigenvalue weighted by molar-refractivity contribution is -0.123. The van der Waals surface area contributed by atoms with Gasteiger partial charge < -0.3 is 25.4 Å². The van der Waals surface area contributed by atoms with Gasteiger partial charge in [0.05, 0.1) is 7.11 Å². The van der Waals surface area contributed by atoms with Gasteiger partial charge in [0, 0.05) is 26.7 Å². The first-order valence-corrected chi connectivity index (χ1v) is 9.58. The summed E-state index contributed by atoms with van der Waals surface area (Å²) >= 11 is 0. The van der Waals surface area contributed by atoms with Gasteiger partial charge in [0.2, 0.25) is 0 Å². The largest absolute Gasteiger partial charge is 0.493 e. The minimum absolute atomic E-state index is 0. The molecule has 0 atom stereocenters. The van der Waals surface area contributed by atoms with Crippen molar-refractivity contribution >= 4 is 35.8 Å². The smallest absolute Gasteiger partial charge is 0.257 e. The molecule has 0 aliphatic heterocycles. The third-order valence-electron chi connectivity index (χ3n) is 4.36. The van der Waals surface area contributed by atoms with Crippen LogP contribution in [0.4, 0.5) is 0 Å². The first-order valence-electron chi connectivity index (χ1n) is 9.58. The Morgan fingerprint density at radius 1 is 1.11 bits per heavy atom. The third kappa shape index (κ3) is 9.48. The zero-order valence-electron chi connectivity index (χ0n) is 17.6. The Balaban J connectivity index is 0.00000729. The van der Waals surface area contributed by atoms with Crippen LogP contribution in [0.25, 0.3) is 0 Å². The molecule has 0 aliphatic rings. The van der Waals surface area contributed by atoms with Crippen molar-refractivity contribution in [1.82, 2.24) is 16.0 Å². The molecule has 0 saturated carbocycles. The molecule has 1 rings (SSSR count). The second-order valence-electron chi connectivity index (χ2n) is 6.22. The lowest BCUT2D eigenvalue weighted by atomic mass is 10.0. The van der Waals surface area contributed by atoms with Gasteiger partial charge in [0.15, 0.2) is 24.1 Å². The summed E-state index contributed by atoms with van der Waals surface area (Å²) in [5, 5.41) is 9.37. The quantitative estimate of drug-likeness (QED) is 0.244. The van der Waals surface area contributed by atoms with Crippen LogP contribution in [0.15, 0.2) is 23.2 Å². The van der Waals surface area contributed by atoms with E-state index in [1.807, 2.05) is 25.1 Å². The number of nitrogens with one attached hydrogen (secondary N) is 3. The maximum absolute atomic E-state index is 11.5. The first-order chi connectivity index (χ1) is 13.1. The van der Waals surface area contributed by atoms with E-state index in [0.29, 0.717) is 30.5 Å². The summed E-state index contributed by atoms with van der Waals surface area (Å²) in [6, 6.07) is 5.65. The molecule has 0 aliphatic carbocycles. The SMILES string of the molecule is CCNC(=O)COc1ccc(CNC(=NC)NCC(CC)CC)cc1OC.I. The highest BCUT2D eigenvalue weighted by Crippen LogP contribution is 2.28. The Bertz CT molecular complexity index is 607. The van der Waals surface area contributed by atoms with Crippen LogP contribution in [0.2, 0.25) is 0 Å². The summed E-state index contributed by atoms with van der Waals surface area (Å²) in [6.07, 6.45) is 2.30. The molecule has 0 radical (unpaired) electrons. The van der Waals surface area contributed by atoms with Crippen molar-refractivity contribution in [3.8, 4) is 11.5 Å². The Kier molecular flexibility index (Phi) is 14.3. The number of carbonyl (C=O) groups excluding carboxylic acids is 1. The van der Waals surface area contributed by atoms with E-state index >= 15 is 0 Å². The molecular formula is C20H35IN4O3. The monoisotopic (exact) mass is 506 g/mol. The highest BCUT2D eigenvalue weighted by Gasteiger charge is 2.09. The second kappa shape index (κ2) is 15.2. The molecule has 8 heteroatoms. The maximum Gasteiger partial charge on any atom is 0.257 e. The van der Waals surface area contributed by atoms with Gasteiger partial charge in [-0.05, 0) is 30.5 Å². The van der Waals surface area contributed by atoms with Gasteiger partial charge in [-0.1, -0.05) is 32.8 Å². The Morgan fingerprint density at radius 3 is 2.39 bits per heavy atom. The number of nitrogens with zero attached hydrogens (tertiary/aromatic N) is 1. The first kappa shape index (κ1) is 26.3. The predicted octanol–water partition coefficient (Wildman–Crippen LogP) is 2.93. The van der Waals surface area contributed by atoms with Gasteiger partial charge >= 0.3 is 0 Å². The molecule has 0 heterocycles. The van der Waals surface area contributed by atoms with Crippen molar-refractivity contribution in [2.45, 2.75) is 40.2 Å².